The highest BCUT2D eigenvalue weighted by molar-refractivity contribution is 7.98. The fraction of sp³-hybridized carbons (Fsp3) is 0.250. The molecule has 0 bridgehead atoms. The first-order valence-corrected chi connectivity index (χ1v) is 11.4. The van der Waals surface area contributed by atoms with Crippen LogP contribution < -0.4 is 4.74 Å². The molecule has 1 unspecified atom stereocenters. The number of halogens is 1. The van der Waals surface area contributed by atoms with E-state index in [-0.39, 0.29) is 6.10 Å². The Morgan fingerprint density at radius 3 is 2.67 bits per heavy atom. The van der Waals surface area contributed by atoms with Crippen molar-refractivity contribution in [3.05, 3.63) is 82.6 Å². The predicted octanol–water partition coefficient (Wildman–Crippen LogP) is 6.85. The number of benzene rings is 3. The van der Waals surface area contributed by atoms with Gasteiger partial charge in [0.2, 0.25) is 0 Å². The van der Waals surface area contributed by atoms with Crippen LogP contribution in [-0.4, -0.2) is 14.8 Å². The lowest BCUT2D eigenvalue weighted by molar-refractivity contribution is 0.208. The van der Waals surface area contributed by atoms with Crippen molar-refractivity contribution in [3.8, 4) is 5.75 Å². The third-order valence-electron chi connectivity index (χ3n) is 5.10. The minimum absolute atomic E-state index is 0.218. The number of hydrogen-bond acceptors (Lipinski definition) is 4. The second-order valence-electron chi connectivity index (χ2n) is 7.18. The number of rotatable bonds is 7. The first-order valence-electron chi connectivity index (χ1n) is 10.0. The van der Waals surface area contributed by atoms with Gasteiger partial charge in [0.1, 0.15) is 5.75 Å². The van der Waals surface area contributed by atoms with E-state index in [0.717, 1.165) is 34.6 Å². The molecule has 6 heteroatoms. The molecule has 0 N–H and O–H groups in total. The maximum Gasteiger partial charge on any atom is 0.191 e. The average molecular weight is 438 g/mol. The monoisotopic (exact) mass is 437 g/mol. The number of thioether (sulfide) groups is 1. The highest BCUT2D eigenvalue weighted by Gasteiger charge is 2.19. The Bertz CT molecular complexity index is 1170. The minimum Gasteiger partial charge on any atom is -0.482 e. The molecule has 0 saturated heterocycles. The first-order chi connectivity index (χ1) is 14.6. The van der Waals surface area contributed by atoms with Gasteiger partial charge in [-0.15, -0.1) is 10.2 Å². The summed E-state index contributed by atoms with van der Waals surface area (Å²) >= 11 is 7.76. The van der Waals surface area contributed by atoms with E-state index in [0.29, 0.717) is 5.02 Å². The van der Waals surface area contributed by atoms with Gasteiger partial charge in [0.15, 0.2) is 17.1 Å². The fourth-order valence-corrected chi connectivity index (χ4v) is 4.79. The molecule has 0 amide bonds. The molecule has 0 fully saturated rings. The highest BCUT2D eigenvalue weighted by atomic mass is 35.5. The molecular formula is C24H24ClN3OS. The zero-order chi connectivity index (χ0) is 21.1. The highest BCUT2D eigenvalue weighted by Crippen LogP contribution is 2.30. The second kappa shape index (κ2) is 9.11. The van der Waals surface area contributed by atoms with Crippen LogP contribution in [0, 0.1) is 6.92 Å². The van der Waals surface area contributed by atoms with Crippen molar-refractivity contribution in [2.75, 3.05) is 0 Å². The number of aromatic nitrogens is 3. The van der Waals surface area contributed by atoms with Gasteiger partial charge >= 0.3 is 0 Å². The van der Waals surface area contributed by atoms with Crippen molar-refractivity contribution in [2.45, 2.75) is 44.3 Å². The number of ether oxygens (including phenoxy) is 1. The largest absolute Gasteiger partial charge is 0.482 e. The molecule has 154 valence electrons. The predicted molar refractivity (Wildman–Crippen MR) is 124 cm³/mol. The summed E-state index contributed by atoms with van der Waals surface area (Å²) in [5.41, 5.74) is 2.30. The lowest BCUT2D eigenvalue weighted by atomic mass is 10.1. The van der Waals surface area contributed by atoms with Gasteiger partial charge in [-0.2, -0.15) is 0 Å². The van der Waals surface area contributed by atoms with Gasteiger partial charge < -0.3 is 9.30 Å². The SMILES string of the molecule is CCn1c(SCc2cccc3ccccc23)nnc1C(C)Oc1ccc(Cl)cc1C. The molecule has 1 atom stereocenters. The zero-order valence-electron chi connectivity index (χ0n) is 17.3. The minimum atomic E-state index is -0.218. The summed E-state index contributed by atoms with van der Waals surface area (Å²) in [6.45, 7) is 6.88. The molecule has 0 aliphatic carbocycles. The fourth-order valence-electron chi connectivity index (χ4n) is 3.55. The van der Waals surface area contributed by atoms with E-state index in [9.17, 15) is 0 Å². The van der Waals surface area contributed by atoms with Crippen molar-refractivity contribution in [2.24, 2.45) is 0 Å². The molecule has 0 spiro atoms. The van der Waals surface area contributed by atoms with E-state index in [2.05, 4.69) is 64.2 Å². The first kappa shape index (κ1) is 20.8. The summed E-state index contributed by atoms with van der Waals surface area (Å²) in [7, 11) is 0. The van der Waals surface area contributed by atoms with Crippen LogP contribution in [0.4, 0.5) is 0 Å². The van der Waals surface area contributed by atoms with Crippen LogP contribution in [-0.2, 0) is 12.3 Å². The van der Waals surface area contributed by atoms with Crippen LogP contribution in [0.5, 0.6) is 5.75 Å². The normalized spacial score (nSPS) is 12.3. The maximum atomic E-state index is 6.17. The van der Waals surface area contributed by atoms with E-state index >= 15 is 0 Å². The molecule has 1 aromatic heterocycles. The Kier molecular flexibility index (Phi) is 6.30. The summed E-state index contributed by atoms with van der Waals surface area (Å²) < 4.78 is 8.30. The molecule has 4 rings (SSSR count). The number of aryl methyl sites for hydroxylation is 1. The van der Waals surface area contributed by atoms with Crippen LogP contribution in [0.25, 0.3) is 10.8 Å². The van der Waals surface area contributed by atoms with Gasteiger partial charge in [0, 0.05) is 17.3 Å². The van der Waals surface area contributed by atoms with Crippen molar-refractivity contribution in [3.63, 3.8) is 0 Å². The molecule has 4 nitrogen and oxygen atoms in total. The number of nitrogens with zero attached hydrogens (tertiary/aromatic N) is 3. The topological polar surface area (TPSA) is 39.9 Å². The molecule has 0 radical (unpaired) electrons. The van der Waals surface area contributed by atoms with Crippen molar-refractivity contribution in [1.29, 1.82) is 0 Å². The molecule has 0 aliphatic rings. The van der Waals surface area contributed by atoms with Gasteiger partial charge in [-0.25, -0.2) is 0 Å². The van der Waals surface area contributed by atoms with Gasteiger partial charge in [-0.3, -0.25) is 0 Å². The van der Waals surface area contributed by atoms with E-state index < -0.39 is 0 Å². The summed E-state index contributed by atoms with van der Waals surface area (Å²) in [4.78, 5) is 0. The third kappa shape index (κ3) is 4.32. The van der Waals surface area contributed by atoms with Gasteiger partial charge in [-0.1, -0.05) is 65.8 Å². The molecule has 0 saturated carbocycles. The van der Waals surface area contributed by atoms with E-state index in [1.165, 1.54) is 16.3 Å². The summed E-state index contributed by atoms with van der Waals surface area (Å²) in [6.07, 6.45) is -0.218. The van der Waals surface area contributed by atoms with E-state index in [1.54, 1.807) is 11.8 Å². The third-order valence-corrected chi connectivity index (χ3v) is 6.35. The molecule has 3 aromatic carbocycles. The number of hydrogen-bond donors (Lipinski definition) is 0. The van der Waals surface area contributed by atoms with Crippen LogP contribution in [0.1, 0.15) is 36.9 Å². The Morgan fingerprint density at radius 2 is 1.87 bits per heavy atom. The lowest BCUT2D eigenvalue weighted by Crippen LogP contribution is -2.12. The summed E-state index contributed by atoms with van der Waals surface area (Å²) in [5.74, 6) is 2.47. The average Bonchev–Trinajstić information content (AvgIpc) is 3.17. The Hall–Kier alpha value is -2.50. The molecule has 1 heterocycles. The van der Waals surface area contributed by atoms with E-state index in [4.69, 9.17) is 16.3 Å². The maximum absolute atomic E-state index is 6.17. The van der Waals surface area contributed by atoms with Crippen molar-refractivity contribution >= 4 is 34.1 Å². The summed E-state index contributed by atoms with van der Waals surface area (Å²) in [6, 6.07) is 20.6. The Balaban J connectivity index is 1.53. The van der Waals surface area contributed by atoms with Crippen molar-refractivity contribution < 1.29 is 4.74 Å². The van der Waals surface area contributed by atoms with Crippen molar-refractivity contribution in [1.82, 2.24) is 14.8 Å². The van der Waals surface area contributed by atoms with Gasteiger partial charge in [0.25, 0.3) is 0 Å². The second-order valence-corrected chi connectivity index (χ2v) is 8.56. The quantitative estimate of drug-likeness (QED) is 0.296. The molecule has 0 aliphatic heterocycles. The van der Waals surface area contributed by atoms with Gasteiger partial charge in [0.05, 0.1) is 0 Å². The Labute approximate surface area is 186 Å². The number of fused-ring (bicyclic) bond motifs is 1. The summed E-state index contributed by atoms with van der Waals surface area (Å²) in [5, 5.41) is 13.1. The smallest absolute Gasteiger partial charge is 0.191 e. The lowest BCUT2D eigenvalue weighted by Gasteiger charge is -2.17. The zero-order valence-corrected chi connectivity index (χ0v) is 18.9. The standard InChI is InChI=1S/C24H24ClN3OS/c1-4-28-23(17(3)29-22-13-12-20(25)14-16(22)2)26-27-24(28)30-15-19-10-7-9-18-8-5-6-11-21(18)19/h5-14,17H,4,15H2,1-3H3. The van der Waals surface area contributed by atoms with Gasteiger partial charge in [-0.05, 0) is 60.9 Å². The van der Waals surface area contributed by atoms with E-state index in [1.807, 2.05) is 32.0 Å². The van der Waals surface area contributed by atoms with Crippen LogP contribution in [0.15, 0.2) is 65.8 Å². The van der Waals surface area contributed by atoms with Crippen LogP contribution in [0.2, 0.25) is 5.02 Å². The molecule has 4 aromatic rings. The molecule has 30 heavy (non-hydrogen) atoms. The van der Waals surface area contributed by atoms with Crippen LogP contribution in [0.3, 0.4) is 0 Å². The Morgan fingerprint density at radius 1 is 1.07 bits per heavy atom. The van der Waals surface area contributed by atoms with Crippen LogP contribution >= 0.6 is 23.4 Å². The molecular weight excluding hydrogens is 414 g/mol.